The van der Waals surface area contributed by atoms with Crippen LogP contribution in [0, 0.1) is 0 Å². The molecule has 1 aliphatic heterocycles. The molecule has 4 nitrogen and oxygen atoms in total. The van der Waals surface area contributed by atoms with Crippen LogP contribution in [-0.2, 0) is 9.53 Å². The normalized spacial score (nSPS) is 15.9. The van der Waals surface area contributed by atoms with Crippen LogP contribution in [0.15, 0.2) is 29.3 Å². The number of nitrogens with zero attached hydrogens (tertiary/aromatic N) is 2. The molecular weight excluding hydrogens is 192 g/mol. The standard InChI is InChI=1S/C11H12N2O2/c14-9-12-10-1-3-11(4-2-10)13-5-7-15-8-6-13/h1-4H,5-8H2. The van der Waals surface area contributed by atoms with Gasteiger partial charge in [0.25, 0.3) is 0 Å². The first-order valence-corrected chi connectivity index (χ1v) is 4.91. The number of ether oxygens (including phenoxy) is 1. The molecule has 0 radical (unpaired) electrons. The molecule has 15 heavy (non-hydrogen) atoms. The lowest BCUT2D eigenvalue weighted by Crippen LogP contribution is -2.36. The Morgan fingerprint density at radius 3 is 2.47 bits per heavy atom. The van der Waals surface area contributed by atoms with E-state index in [1.54, 1.807) is 0 Å². The minimum absolute atomic E-state index is 0.641. The lowest BCUT2D eigenvalue weighted by atomic mass is 10.2. The minimum Gasteiger partial charge on any atom is -0.378 e. The summed E-state index contributed by atoms with van der Waals surface area (Å²) >= 11 is 0. The van der Waals surface area contributed by atoms with E-state index in [9.17, 15) is 4.79 Å². The van der Waals surface area contributed by atoms with E-state index in [0.717, 1.165) is 32.0 Å². The molecule has 1 fully saturated rings. The number of rotatable bonds is 2. The SMILES string of the molecule is O=C=Nc1ccc(N2CCOCC2)cc1. The summed E-state index contributed by atoms with van der Waals surface area (Å²) < 4.78 is 5.27. The molecule has 1 saturated heterocycles. The first kappa shape index (κ1) is 9.90. The van der Waals surface area contributed by atoms with Crippen LogP contribution < -0.4 is 4.90 Å². The summed E-state index contributed by atoms with van der Waals surface area (Å²) in [6.07, 6.45) is 1.52. The number of morpholine rings is 1. The van der Waals surface area contributed by atoms with E-state index in [2.05, 4.69) is 9.89 Å². The zero-order chi connectivity index (χ0) is 10.5. The van der Waals surface area contributed by atoms with Crippen molar-refractivity contribution in [1.82, 2.24) is 0 Å². The molecule has 0 aliphatic carbocycles. The van der Waals surface area contributed by atoms with Gasteiger partial charge in [-0.1, -0.05) is 0 Å². The van der Waals surface area contributed by atoms with Crippen LogP contribution in [0.1, 0.15) is 0 Å². The summed E-state index contributed by atoms with van der Waals surface area (Å²) in [6.45, 7) is 3.37. The highest BCUT2D eigenvalue weighted by Gasteiger charge is 2.10. The molecule has 1 heterocycles. The third-order valence-electron chi connectivity index (χ3n) is 2.40. The van der Waals surface area contributed by atoms with Gasteiger partial charge in [-0.3, -0.25) is 0 Å². The quantitative estimate of drug-likeness (QED) is 0.541. The number of carbonyl (C=O) groups excluding carboxylic acids is 1. The van der Waals surface area contributed by atoms with Crippen LogP contribution >= 0.6 is 0 Å². The molecule has 1 aromatic rings. The van der Waals surface area contributed by atoms with Gasteiger partial charge in [0.2, 0.25) is 6.08 Å². The second-order valence-electron chi connectivity index (χ2n) is 3.32. The van der Waals surface area contributed by atoms with Crippen molar-refractivity contribution in [3.8, 4) is 0 Å². The maximum atomic E-state index is 10.0. The van der Waals surface area contributed by atoms with Crippen molar-refractivity contribution in [2.75, 3.05) is 31.2 Å². The average Bonchev–Trinajstić information content (AvgIpc) is 2.32. The fraction of sp³-hybridized carbons (Fsp3) is 0.364. The molecule has 0 amide bonds. The average molecular weight is 204 g/mol. The number of benzene rings is 1. The maximum Gasteiger partial charge on any atom is 0.240 e. The van der Waals surface area contributed by atoms with Gasteiger partial charge in [0.15, 0.2) is 0 Å². The minimum atomic E-state index is 0.641. The summed E-state index contributed by atoms with van der Waals surface area (Å²) in [5, 5.41) is 0. The van der Waals surface area contributed by atoms with Gasteiger partial charge in [-0.05, 0) is 24.3 Å². The van der Waals surface area contributed by atoms with Gasteiger partial charge in [-0.2, -0.15) is 4.99 Å². The molecule has 4 heteroatoms. The highest BCUT2D eigenvalue weighted by atomic mass is 16.5. The highest BCUT2D eigenvalue weighted by Crippen LogP contribution is 2.20. The summed E-state index contributed by atoms with van der Waals surface area (Å²) in [7, 11) is 0. The predicted octanol–water partition coefficient (Wildman–Crippen LogP) is 1.49. The van der Waals surface area contributed by atoms with Crippen LogP contribution in [-0.4, -0.2) is 32.4 Å². The van der Waals surface area contributed by atoms with Crippen molar-refractivity contribution in [1.29, 1.82) is 0 Å². The Hall–Kier alpha value is -1.64. The van der Waals surface area contributed by atoms with Crippen LogP contribution in [0.25, 0.3) is 0 Å². The van der Waals surface area contributed by atoms with E-state index in [1.807, 2.05) is 24.3 Å². The number of anilines is 1. The van der Waals surface area contributed by atoms with Gasteiger partial charge < -0.3 is 9.64 Å². The lowest BCUT2D eigenvalue weighted by molar-refractivity contribution is 0.122. The summed E-state index contributed by atoms with van der Waals surface area (Å²) in [5.74, 6) is 0. The Morgan fingerprint density at radius 1 is 1.20 bits per heavy atom. The van der Waals surface area contributed by atoms with Crippen molar-refractivity contribution in [3.05, 3.63) is 24.3 Å². The highest BCUT2D eigenvalue weighted by molar-refractivity contribution is 5.56. The monoisotopic (exact) mass is 204 g/mol. The Labute approximate surface area is 88.2 Å². The second-order valence-corrected chi connectivity index (χ2v) is 3.32. The Bertz CT molecular complexity index is 363. The fourth-order valence-corrected chi connectivity index (χ4v) is 1.61. The molecule has 0 atom stereocenters. The maximum absolute atomic E-state index is 10.0. The Morgan fingerprint density at radius 2 is 1.87 bits per heavy atom. The fourth-order valence-electron chi connectivity index (χ4n) is 1.61. The summed E-state index contributed by atoms with van der Waals surface area (Å²) in [4.78, 5) is 15.8. The van der Waals surface area contributed by atoms with Crippen LogP contribution in [0.4, 0.5) is 11.4 Å². The Kier molecular flexibility index (Phi) is 3.12. The molecule has 0 bridgehead atoms. The molecule has 0 aromatic heterocycles. The number of hydrogen-bond acceptors (Lipinski definition) is 4. The molecule has 1 aliphatic rings. The third kappa shape index (κ3) is 2.43. The molecule has 0 unspecified atom stereocenters. The molecule has 0 N–H and O–H groups in total. The summed E-state index contributed by atoms with van der Waals surface area (Å²) in [5.41, 5.74) is 1.78. The smallest absolute Gasteiger partial charge is 0.240 e. The van der Waals surface area contributed by atoms with Gasteiger partial charge in [0, 0.05) is 18.8 Å². The van der Waals surface area contributed by atoms with E-state index >= 15 is 0 Å². The van der Waals surface area contributed by atoms with Gasteiger partial charge in [0.05, 0.1) is 18.9 Å². The molecule has 2 rings (SSSR count). The number of hydrogen-bond donors (Lipinski definition) is 0. The van der Waals surface area contributed by atoms with E-state index in [1.165, 1.54) is 6.08 Å². The molecular formula is C11H12N2O2. The van der Waals surface area contributed by atoms with E-state index in [0.29, 0.717) is 5.69 Å². The summed E-state index contributed by atoms with van der Waals surface area (Å²) in [6, 6.07) is 7.55. The van der Waals surface area contributed by atoms with E-state index < -0.39 is 0 Å². The van der Waals surface area contributed by atoms with Crippen LogP contribution in [0.3, 0.4) is 0 Å². The van der Waals surface area contributed by atoms with Crippen molar-refractivity contribution < 1.29 is 9.53 Å². The zero-order valence-electron chi connectivity index (χ0n) is 8.35. The molecule has 1 aromatic carbocycles. The van der Waals surface area contributed by atoms with Crippen molar-refractivity contribution in [2.24, 2.45) is 4.99 Å². The van der Waals surface area contributed by atoms with Gasteiger partial charge in [0.1, 0.15) is 0 Å². The van der Waals surface area contributed by atoms with Crippen LogP contribution in [0.5, 0.6) is 0 Å². The topological polar surface area (TPSA) is 41.9 Å². The first-order valence-electron chi connectivity index (χ1n) is 4.91. The molecule has 78 valence electrons. The van der Waals surface area contributed by atoms with Crippen molar-refractivity contribution >= 4 is 17.5 Å². The van der Waals surface area contributed by atoms with Gasteiger partial charge in [-0.15, -0.1) is 0 Å². The number of aliphatic imine (C=N–C) groups is 1. The zero-order valence-corrected chi connectivity index (χ0v) is 8.35. The van der Waals surface area contributed by atoms with Gasteiger partial charge in [-0.25, -0.2) is 4.79 Å². The Balaban J connectivity index is 2.11. The van der Waals surface area contributed by atoms with Gasteiger partial charge >= 0.3 is 0 Å². The molecule has 0 spiro atoms. The van der Waals surface area contributed by atoms with E-state index in [4.69, 9.17) is 4.74 Å². The largest absolute Gasteiger partial charge is 0.378 e. The van der Waals surface area contributed by atoms with Crippen molar-refractivity contribution in [2.45, 2.75) is 0 Å². The lowest BCUT2D eigenvalue weighted by Gasteiger charge is -2.28. The first-order chi connectivity index (χ1) is 7.40. The third-order valence-corrected chi connectivity index (χ3v) is 2.40. The second kappa shape index (κ2) is 4.73. The predicted molar refractivity (Wildman–Crippen MR) is 57.3 cm³/mol. The number of isocyanates is 1. The van der Waals surface area contributed by atoms with Crippen LogP contribution in [0.2, 0.25) is 0 Å². The van der Waals surface area contributed by atoms with E-state index in [-0.39, 0.29) is 0 Å². The molecule has 0 saturated carbocycles. The van der Waals surface area contributed by atoms with Crippen molar-refractivity contribution in [3.63, 3.8) is 0 Å².